The number of thiophene rings is 1. The van der Waals surface area contributed by atoms with Crippen LogP contribution in [0.5, 0.6) is 0 Å². The molecule has 0 spiro atoms. The van der Waals surface area contributed by atoms with Gasteiger partial charge in [0.2, 0.25) is 5.91 Å². The maximum absolute atomic E-state index is 11.5. The van der Waals surface area contributed by atoms with E-state index in [1.807, 2.05) is 25.3 Å². The van der Waals surface area contributed by atoms with E-state index in [2.05, 4.69) is 21.2 Å². The maximum atomic E-state index is 11.5. The molecule has 16 heavy (non-hydrogen) atoms. The largest absolute Gasteiger partial charge is 0.351 e. The Hall–Kier alpha value is -0.100. The summed E-state index contributed by atoms with van der Waals surface area (Å²) in [5, 5.41) is 4.82. The molecule has 0 aromatic carbocycles. The quantitative estimate of drug-likeness (QED) is 0.893. The third kappa shape index (κ3) is 4.82. The SMILES string of the molecule is CC(C)[C@H](N)C(=O)NCc1csc(Br)c1.Cl. The minimum absolute atomic E-state index is 0. The molecule has 1 aromatic rings. The van der Waals surface area contributed by atoms with Crippen LogP contribution >= 0.6 is 39.7 Å². The lowest BCUT2D eigenvalue weighted by atomic mass is 10.1. The lowest BCUT2D eigenvalue weighted by Crippen LogP contribution is -2.43. The molecule has 0 radical (unpaired) electrons. The fourth-order valence-electron chi connectivity index (χ4n) is 1.05. The van der Waals surface area contributed by atoms with E-state index < -0.39 is 6.04 Å². The summed E-state index contributed by atoms with van der Waals surface area (Å²) in [6.07, 6.45) is 0. The van der Waals surface area contributed by atoms with E-state index in [1.165, 1.54) is 0 Å². The number of hydrogen-bond donors (Lipinski definition) is 2. The third-order valence-electron chi connectivity index (χ3n) is 2.11. The smallest absolute Gasteiger partial charge is 0.237 e. The first-order chi connectivity index (χ1) is 7.00. The van der Waals surface area contributed by atoms with Crippen molar-refractivity contribution in [3.63, 3.8) is 0 Å². The normalized spacial score (nSPS) is 12.1. The van der Waals surface area contributed by atoms with Crippen LogP contribution < -0.4 is 11.1 Å². The summed E-state index contributed by atoms with van der Waals surface area (Å²) in [5.74, 6) is 0.0755. The Morgan fingerprint density at radius 3 is 2.69 bits per heavy atom. The third-order valence-corrected chi connectivity index (χ3v) is 3.66. The van der Waals surface area contributed by atoms with Crippen molar-refractivity contribution in [1.82, 2.24) is 5.32 Å². The second-order valence-electron chi connectivity index (χ2n) is 3.75. The van der Waals surface area contributed by atoms with E-state index in [1.54, 1.807) is 11.3 Å². The highest BCUT2D eigenvalue weighted by molar-refractivity contribution is 9.11. The van der Waals surface area contributed by atoms with Crippen LogP contribution in [0.25, 0.3) is 0 Å². The van der Waals surface area contributed by atoms with E-state index in [-0.39, 0.29) is 24.2 Å². The van der Waals surface area contributed by atoms with Crippen molar-refractivity contribution in [3.8, 4) is 0 Å². The lowest BCUT2D eigenvalue weighted by Gasteiger charge is -2.14. The van der Waals surface area contributed by atoms with Gasteiger partial charge >= 0.3 is 0 Å². The maximum Gasteiger partial charge on any atom is 0.237 e. The van der Waals surface area contributed by atoms with Gasteiger partial charge in [-0.25, -0.2) is 0 Å². The van der Waals surface area contributed by atoms with Gasteiger partial charge in [0.1, 0.15) is 0 Å². The van der Waals surface area contributed by atoms with E-state index in [0.29, 0.717) is 6.54 Å². The molecule has 0 fully saturated rings. The van der Waals surface area contributed by atoms with E-state index >= 15 is 0 Å². The van der Waals surface area contributed by atoms with Crippen molar-refractivity contribution in [2.24, 2.45) is 11.7 Å². The van der Waals surface area contributed by atoms with Gasteiger partial charge in [0.05, 0.1) is 9.83 Å². The van der Waals surface area contributed by atoms with E-state index in [0.717, 1.165) is 9.35 Å². The molecule has 3 nitrogen and oxygen atoms in total. The summed E-state index contributed by atoms with van der Waals surface area (Å²) in [5.41, 5.74) is 6.80. The Labute approximate surface area is 114 Å². The molecule has 0 aliphatic heterocycles. The Morgan fingerprint density at radius 2 is 2.25 bits per heavy atom. The molecule has 0 saturated heterocycles. The molecule has 6 heteroatoms. The van der Waals surface area contributed by atoms with Crippen LogP contribution in [0.1, 0.15) is 19.4 Å². The number of carbonyl (C=O) groups is 1. The zero-order valence-electron chi connectivity index (χ0n) is 9.20. The van der Waals surface area contributed by atoms with Crippen LogP contribution in [0.15, 0.2) is 15.2 Å². The van der Waals surface area contributed by atoms with Gasteiger partial charge in [-0.2, -0.15) is 0 Å². The minimum atomic E-state index is -0.424. The molecule has 1 amide bonds. The first-order valence-corrected chi connectivity index (χ1v) is 6.44. The number of nitrogens with two attached hydrogens (primary N) is 1. The lowest BCUT2D eigenvalue weighted by molar-refractivity contribution is -0.123. The molecular weight excluding hydrogens is 312 g/mol. The predicted molar refractivity (Wildman–Crippen MR) is 73.9 cm³/mol. The highest BCUT2D eigenvalue weighted by Gasteiger charge is 2.16. The number of amides is 1. The number of halogens is 2. The van der Waals surface area contributed by atoms with Gasteiger partial charge in [-0.1, -0.05) is 13.8 Å². The molecule has 0 bridgehead atoms. The molecule has 0 saturated carbocycles. The molecular formula is C10H16BrClN2OS. The second kappa shape index (κ2) is 7.27. The van der Waals surface area contributed by atoms with Gasteiger partial charge in [-0.3, -0.25) is 4.79 Å². The second-order valence-corrected chi connectivity index (χ2v) is 6.04. The summed E-state index contributed by atoms with van der Waals surface area (Å²) in [4.78, 5) is 11.5. The molecule has 0 aliphatic rings. The minimum Gasteiger partial charge on any atom is -0.351 e. The van der Waals surface area contributed by atoms with Crippen molar-refractivity contribution in [1.29, 1.82) is 0 Å². The fourth-order valence-corrected chi connectivity index (χ4v) is 2.26. The monoisotopic (exact) mass is 326 g/mol. The predicted octanol–water partition coefficient (Wildman–Crippen LogP) is 2.53. The standard InChI is InChI=1S/C10H15BrN2OS.ClH/c1-6(2)9(12)10(14)13-4-7-3-8(11)15-5-7;/h3,5-6,9H,4,12H2,1-2H3,(H,13,14);1H/t9-;/m0./s1. The van der Waals surface area contributed by atoms with Crippen LogP contribution in [0.4, 0.5) is 0 Å². The van der Waals surface area contributed by atoms with Crippen LogP contribution in [-0.4, -0.2) is 11.9 Å². The summed E-state index contributed by atoms with van der Waals surface area (Å²) in [6.45, 7) is 4.41. The van der Waals surface area contributed by atoms with Crippen LogP contribution in [-0.2, 0) is 11.3 Å². The number of carbonyl (C=O) groups excluding carboxylic acids is 1. The molecule has 3 N–H and O–H groups in total. The first kappa shape index (κ1) is 15.9. The highest BCUT2D eigenvalue weighted by Crippen LogP contribution is 2.20. The van der Waals surface area contributed by atoms with Gasteiger partial charge in [-0.15, -0.1) is 23.7 Å². The van der Waals surface area contributed by atoms with E-state index in [4.69, 9.17) is 5.73 Å². The van der Waals surface area contributed by atoms with Gasteiger partial charge in [-0.05, 0) is 38.9 Å². The molecule has 0 aliphatic carbocycles. The summed E-state index contributed by atoms with van der Waals surface area (Å²) >= 11 is 4.98. The Balaban J connectivity index is 0.00000225. The van der Waals surface area contributed by atoms with Gasteiger partial charge < -0.3 is 11.1 Å². The van der Waals surface area contributed by atoms with Gasteiger partial charge in [0, 0.05) is 6.54 Å². The number of nitrogens with one attached hydrogen (secondary N) is 1. The van der Waals surface area contributed by atoms with Crippen LogP contribution in [0.3, 0.4) is 0 Å². The molecule has 92 valence electrons. The van der Waals surface area contributed by atoms with Crippen molar-refractivity contribution >= 4 is 45.6 Å². The Morgan fingerprint density at radius 1 is 1.62 bits per heavy atom. The van der Waals surface area contributed by atoms with E-state index in [9.17, 15) is 4.79 Å². The van der Waals surface area contributed by atoms with Crippen molar-refractivity contribution in [3.05, 3.63) is 20.8 Å². The van der Waals surface area contributed by atoms with Crippen molar-refractivity contribution in [2.75, 3.05) is 0 Å². The molecule has 1 atom stereocenters. The average Bonchev–Trinajstić information content (AvgIpc) is 2.59. The molecule has 1 rings (SSSR count). The van der Waals surface area contributed by atoms with Crippen molar-refractivity contribution < 1.29 is 4.79 Å². The topological polar surface area (TPSA) is 55.1 Å². The van der Waals surface area contributed by atoms with Gasteiger partial charge in [0.25, 0.3) is 0 Å². The van der Waals surface area contributed by atoms with Crippen molar-refractivity contribution in [2.45, 2.75) is 26.4 Å². The molecule has 0 unspecified atom stereocenters. The zero-order valence-corrected chi connectivity index (χ0v) is 12.4. The number of rotatable bonds is 4. The fraction of sp³-hybridized carbons (Fsp3) is 0.500. The average molecular weight is 328 g/mol. The Kier molecular flexibility index (Phi) is 7.22. The Bertz CT molecular complexity index is 343. The zero-order chi connectivity index (χ0) is 11.4. The summed E-state index contributed by atoms with van der Waals surface area (Å²) in [6, 6.07) is 1.57. The summed E-state index contributed by atoms with van der Waals surface area (Å²) < 4.78 is 1.07. The van der Waals surface area contributed by atoms with Gasteiger partial charge in [0.15, 0.2) is 0 Å². The highest BCUT2D eigenvalue weighted by atomic mass is 79.9. The number of hydrogen-bond acceptors (Lipinski definition) is 3. The van der Waals surface area contributed by atoms with Crippen LogP contribution in [0.2, 0.25) is 0 Å². The molecule has 1 heterocycles. The summed E-state index contributed by atoms with van der Waals surface area (Å²) in [7, 11) is 0. The van der Waals surface area contributed by atoms with Crippen LogP contribution in [0, 0.1) is 5.92 Å². The first-order valence-electron chi connectivity index (χ1n) is 4.77. The molecule has 1 aromatic heterocycles.